The third kappa shape index (κ3) is 3.77. The molecule has 8 heteroatoms. The smallest absolute Gasteiger partial charge is 0.267 e. The van der Waals surface area contributed by atoms with Crippen molar-refractivity contribution in [1.29, 1.82) is 0 Å². The van der Waals surface area contributed by atoms with Gasteiger partial charge >= 0.3 is 0 Å². The molecule has 0 spiro atoms. The van der Waals surface area contributed by atoms with Crippen molar-refractivity contribution in [2.45, 2.75) is 56.4 Å². The van der Waals surface area contributed by atoms with Gasteiger partial charge in [0.1, 0.15) is 10.6 Å². The number of nitrogens with zero attached hydrogens (tertiary/aromatic N) is 3. The number of aromatic nitrogens is 2. The first-order valence-corrected chi connectivity index (χ1v) is 12.9. The van der Waals surface area contributed by atoms with Gasteiger partial charge in [0, 0.05) is 18.0 Å². The summed E-state index contributed by atoms with van der Waals surface area (Å²) in [4.78, 5) is 35.3. The molecule has 1 aliphatic heterocycles. The zero-order chi connectivity index (χ0) is 22.4. The summed E-state index contributed by atoms with van der Waals surface area (Å²) in [6.07, 6.45) is 4.87. The summed E-state index contributed by atoms with van der Waals surface area (Å²) in [7, 11) is 0. The number of carbonyl (C=O) groups is 1. The van der Waals surface area contributed by atoms with Crippen molar-refractivity contribution in [3.05, 3.63) is 50.9 Å². The Kier molecular flexibility index (Phi) is 5.84. The van der Waals surface area contributed by atoms with Crippen LogP contribution in [0.4, 0.5) is 4.39 Å². The van der Waals surface area contributed by atoms with Crippen LogP contribution in [0.3, 0.4) is 0 Å². The molecular weight excluding hydrogens is 445 g/mol. The SMILES string of the molecule is C[C@@H]1CCc2c(sc3nc(S[C@H](C)C(=O)N4CCCC4)n(-c4ccccc4F)c(=O)c23)C1. The molecule has 3 aromatic rings. The van der Waals surface area contributed by atoms with E-state index in [0.717, 1.165) is 50.8 Å². The molecule has 1 amide bonds. The number of halogens is 1. The van der Waals surface area contributed by atoms with Gasteiger partial charge in [-0.15, -0.1) is 11.3 Å². The maximum Gasteiger partial charge on any atom is 0.267 e. The van der Waals surface area contributed by atoms with Crippen LogP contribution in [-0.4, -0.2) is 38.7 Å². The summed E-state index contributed by atoms with van der Waals surface area (Å²) in [5, 5.41) is 0.576. The molecule has 168 valence electrons. The number of amides is 1. The van der Waals surface area contributed by atoms with E-state index in [-0.39, 0.29) is 17.2 Å². The molecule has 2 aromatic heterocycles. The van der Waals surface area contributed by atoms with Crippen LogP contribution in [0.1, 0.15) is 43.6 Å². The Bertz CT molecular complexity index is 1250. The van der Waals surface area contributed by atoms with E-state index in [1.165, 1.54) is 27.3 Å². The van der Waals surface area contributed by atoms with Crippen molar-refractivity contribution < 1.29 is 9.18 Å². The molecule has 1 saturated heterocycles. The van der Waals surface area contributed by atoms with E-state index in [2.05, 4.69) is 6.92 Å². The Morgan fingerprint density at radius 1 is 1.28 bits per heavy atom. The minimum absolute atomic E-state index is 0.0428. The summed E-state index contributed by atoms with van der Waals surface area (Å²) in [6, 6.07) is 6.27. The molecule has 5 nitrogen and oxygen atoms in total. The van der Waals surface area contributed by atoms with E-state index in [1.54, 1.807) is 29.5 Å². The van der Waals surface area contributed by atoms with E-state index in [4.69, 9.17) is 4.98 Å². The number of thioether (sulfide) groups is 1. The highest BCUT2D eigenvalue weighted by Gasteiger charge is 2.29. The number of thiophene rings is 1. The zero-order valence-corrected chi connectivity index (χ0v) is 19.9. The first kappa shape index (κ1) is 21.6. The summed E-state index contributed by atoms with van der Waals surface area (Å²) >= 11 is 2.82. The largest absolute Gasteiger partial charge is 0.342 e. The van der Waals surface area contributed by atoms with Crippen molar-refractivity contribution in [1.82, 2.24) is 14.5 Å². The highest BCUT2D eigenvalue weighted by molar-refractivity contribution is 8.00. The molecule has 0 radical (unpaired) electrons. The standard InChI is InChI=1S/C24H26FN3O2S2/c1-14-9-10-16-19(13-14)32-21-20(16)23(30)28(18-8-4-3-7-17(18)25)24(26-21)31-15(2)22(29)27-11-5-6-12-27/h3-4,7-8,14-15H,5-6,9-13H2,1-2H3/t14-,15-/m1/s1. The molecule has 0 bridgehead atoms. The second-order valence-electron chi connectivity index (χ2n) is 8.81. The van der Waals surface area contributed by atoms with Gasteiger partial charge in [0.2, 0.25) is 5.91 Å². The predicted octanol–water partition coefficient (Wildman–Crippen LogP) is 4.81. The van der Waals surface area contributed by atoms with Crippen LogP contribution in [0.25, 0.3) is 15.9 Å². The fraction of sp³-hybridized carbons (Fsp3) is 0.458. The van der Waals surface area contributed by atoms with E-state index >= 15 is 0 Å². The molecule has 1 fully saturated rings. The van der Waals surface area contributed by atoms with Crippen LogP contribution in [0, 0.1) is 11.7 Å². The topological polar surface area (TPSA) is 55.2 Å². The van der Waals surface area contributed by atoms with Gasteiger partial charge in [0.25, 0.3) is 5.56 Å². The van der Waals surface area contributed by atoms with E-state index < -0.39 is 11.1 Å². The molecule has 2 aliphatic rings. The number of aryl methyl sites for hydroxylation is 1. The lowest BCUT2D eigenvalue weighted by Gasteiger charge is -2.21. The Morgan fingerprint density at radius 3 is 2.78 bits per heavy atom. The van der Waals surface area contributed by atoms with Crippen molar-refractivity contribution in [2.24, 2.45) is 5.92 Å². The highest BCUT2D eigenvalue weighted by Crippen LogP contribution is 2.37. The van der Waals surface area contributed by atoms with Crippen molar-refractivity contribution in [3.63, 3.8) is 0 Å². The highest BCUT2D eigenvalue weighted by atomic mass is 32.2. The number of para-hydroxylation sites is 1. The van der Waals surface area contributed by atoms with Gasteiger partial charge in [-0.2, -0.15) is 0 Å². The van der Waals surface area contributed by atoms with Crippen LogP contribution in [0.2, 0.25) is 0 Å². The lowest BCUT2D eigenvalue weighted by atomic mass is 9.89. The summed E-state index contributed by atoms with van der Waals surface area (Å²) in [5.41, 5.74) is 1.01. The fourth-order valence-corrected chi connectivity index (χ4v) is 7.13. The number of carbonyl (C=O) groups excluding carboxylic acids is 1. The third-order valence-corrected chi connectivity index (χ3v) is 8.63. The van der Waals surface area contributed by atoms with Crippen molar-refractivity contribution in [3.8, 4) is 5.69 Å². The van der Waals surface area contributed by atoms with E-state index in [9.17, 15) is 14.0 Å². The maximum atomic E-state index is 14.8. The average molecular weight is 472 g/mol. The van der Waals surface area contributed by atoms with Crippen LogP contribution in [0.5, 0.6) is 0 Å². The van der Waals surface area contributed by atoms with Crippen LogP contribution in [0.15, 0.2) is 34.2 Å². The van der Waals surface area contributed by atoms with Crippen LogP contribution >= 0.6 is 23.1 Å². The number of fused-ring (bicyclic) bond motifs is 3. The first-order chi connectivity index (χ1) is 15.4. The van der Waals surface area contributed by atoms with Gasteiger partial charge in [-0.05, 0) is 62.6 Å². The molecule has 0 unspecified atom stereocenters. The summed E-state index contributed by atoms with van der Waals surface area (Å²) in [5.74, 6) is 0.145. The predicted molar refractivity (Wildman–Crippen MR) is 127 cm³/mol. The lowest BCUT2D eigenvalue weighted by molar-refractivity contribution is -0.129. The van der Waals surface area contributed by atoms with Crippen molar-refractivity contribution >= 4 is 39.2 Å². The Balaban J connectivity index is 1.65. The monoisotopic (exact) mass is 471 g/mol. The molecule has 5 rings (SSSR count). The third-order valence-electron chi connectivity index (χ3n) is 6.44. The van der Waals surface area contributed by atoms with Crippen LogP contribution in [-0.2, 0) is 17.6 Å². The average Bonchev–Trinajstić information content (AvgIpc) is 3.42. The Morgan fingerprint density at radius 2 is 2.03 bits per heavy atom. The molecular formula is C24H26FN3O2S2. The summed E-state index contributed by atoms with van der Waals surface area (Å²) in [6.45, 7) is 5.61. The molecule has 32 heavy (non-hydrogen) atoms. The van der Waals surface area contributed by atoms with Crippen molar-refractivity contribution in [2.75, 3.05) is 13.1 Å². The quantitative estimate of drug-likeness (QED) is 0.405. The Hall–Kier alpha value is -2.19. The first-order valence-electron chi connectivity index (χ1n) is 11.2. The van der Waals surface area contributed by atoms with Gasteiger partial charge in [-0.25, -0.2) is 9.37 Å². The van der Waals surface area contributed by atoms with Gasteiger partial charge < -0.3 is 4.90 Å². The molecule has 1 aliphatic carbocycles. The normalized spacial score (nSPS) is 19.3. The number of hydrogen-bond donors (Lipinski definition) is 0. The number of hydrogen-bond acceptors (Lipinski definition) is 5. The molecule has 3 heterocycles. The lowest BCUT2D eigenvalue weighted by Crippen LogP contribution is -2.34. The van der Waals surface area contributed by atoms with Gasteiger partial charge in [-0.3, -0.25) is 14.2 Å². The molecule has 1 aromatic carbocycles. The van der Waals surface area contributed by atoms with Gasteiger partial charge in [0.05, 0.1) is 16.3 Å². The van der Waals surface area contributed by atoms with Gasteiger partial charge in [0.15, 0.2) is 5.16 Å². The molecule has 0 N–H and O–H groups in total. The number of likely N-dealkylation sites (tertiary alicyclic amines) is 1. The maximum absolute atomic E-state index is 14.8. The summed E-state index contributed by atoms with van der Waals surface area (Å²) < 4.78 is 16.2. The Labute approximate surface area is 194 Å². The van der Waals surface area contributed by atoms with Crippen LogP contribution < -0.4 is 5.56 Å². The second-order valence-corrected chi connectivity index (χ2v) is 11.2. The van der Waals surface area contributed by atoms with E-state index in [0.29, 0.717) is 21.3 Å². The van der Waals surface area contributed by atoms with E-state index in [1.807, 2.05) is 11.8 Å². The minimum Gasteiger partial charge on any atom is -0.342 e. The second kappa shape index (κ2) is 8.63. The molecule has 0 saturated carbocycles. The number of rotatable bonds is 4. The molecule has 2 atom stereocenters. The zero-order valence-electron chi connectivity index (χ0n) is 18.3. The van der Waals surface area contributed by atoms with Gasteiger partial charge in [-0.1, -0.05) is 30.8 Å². The number of benzene rings is 1. The minimum atomic E-state index is -0.478. The fourth-order valence-electron chi connectivity index (χ4n) is 4.70.